The van der Waals surface area contributed by atoms with Crippen molar-refractivity contribution in [1.29, 1.82) is 0 Å². The normalized spacial score (nSPS) is 12.7. The predicted molar refractivity (Wildman–Crippen MR) is 80.5 cm³/mol. The van der Waals surface area contributed by atoms with Crippen LogP contribution in [0.15, 0.2) is 23.1 Å². The Kier molecular flexibility index (Phi) is 6.07. The minimum atomic E-state index is -3.70. The molecule has 0 aliphatic rings. The minimum Gasteiger partial charge on any atom is -0.453 e. The molecule has 0 saturated carbocycles. The van der Waals surface area contributed by atoms with Crippen LogP contribution in [0.1, 0.15) is 24.5 Å². The molecule has 1 atom stereocenters. The molecule has 0 radical (unpaired) electrons. The van der Waals surface area contributed by atoms with Gasteiger partial charge in [-0.1, -0.05) is 17.7 Å². The Morgan fingerprint density at radius 3 is 2.50 bits per heavy atom. The average molecular weight is 328 g/mol. The lowest BCUT2D eigenvalue weighted by Crippen LogP contribution is -2.32. The number of amides is 1. The molecule has 122 valence electrons. The summed E-state index contributed by atoms with van der Waals surface area (Å²) in [7, 11) is -3.70. The van der Waals surface area contributed by atoms with Crippen LogP contribution in [0.3, 0.4) is 0 Å². The fourth-order valence-corrected chi connectivity index (χ4v) is 3.04. The second kappa shape index (κ2) is 7.37. The van der Waals surface area contributed by atoms with E-state index in [-0.39, 0.29) is 17.9 Å². The highest BCUT2D eigenvalue weighted by Gasteiger charge is 2.18. The van der Waals surface area contributed by atoms with Gasteiger partial charge in [0.1, 0.15) is 0 Å². The summed E-state index contributed by atoms with van der Waals surface area (Å²) in [5.74, 6) is -1.46. The molecule has 0 bridgehead atoms. The van der Waals surface area contributed by atoms with Crippen LogP contribution >= 0.6 is 0 Å². The molecule has 0 aliphatic carbocycles. The smallest absolute Gasteiger partial charge is 0.307 e. The van der Waals surface area contributed by atoms with Gasteiger partial charge in [0.25, 0.3) is 5.91 Å². The first-order valence-electron chi connectivity index (χ1n) is 6.69. The molecule has 8 heteroatoms. The number of sulfonamides is 1. The van der Waals surface area contributed by atoms with Gasteiger partial charge in [0.15, 0.2) is 6.10 Å². The highest BCUT2D eigenvalue weighted by molar-refractivity contribution is 7.89. The zero-order valence-corrected chi connectivity index (χ0v) is 13.6. The molecule has 0 aromatic heterocycles. The van der Waals surface area contributed by atoms with Crippen molar-refractivity contribution in [2.45, 2.75) is 38.2 Å². The summed E-state index contributed by atoms with van der Waals surface area (Å²) in [5, 5.41) is 0. The Bertz CT molecular complexity index is 670. The third-order valence-corrected chi connectivity index (χ3v) is 4.57. The van der Waals surface area contributed by atoms with Gasteiger partial charge in [-0.3, -0.25) is 9.59 Å². The van der Waals surface area contributed by atoms with E-state index in [0.717, 1.165) is 5.56 Å². The first-order chi connectivity index (χ1) is 10.1. The number of benzene rings is 1. The van der Waals surface area contributed by atoms with E-state index < -0.39 is 28.0 Å². The Labute approximate surface area is 129 Å². The maximum atomic E-state index is 12.1. The molecule has 0 heterocycles. The van der Waals surface area contributed by atoms with Crippen molar-refractivity contribution >= 4 is 21.9 Å². The first kappa shape index (κ1) is 18.1. The number of hydrogen-bond donors (Lipinski definition) is 2. The number of nitrogens with two attached hydrogens (primary N) is 1. The molecular weight excluding hydrogens is 308 g/mol. The number of esters is 1. The van der Waals surface area contributed by atoms with Gasteiger partial charge in [-0.25, -0.2) is 13.1 Å². The molecule has 0 unspecified atom stereocenters. The quantitative estimate of drug-likeness (QED) is 0.702. The molecule has 0 saturated heterocycles. The van der Waals surface area contributed by atoms with Crippen LogP contribution in [0.5, 0.6) is 0 Å². The van der Waals surface area contributed by atoms with Crippen LogP contribution in [0, 0.1) is 13.8 Å². The summed E-state index contributed by atoms with van der Waals surface area (Å²) in [6.07, 6.45) is -1.23. The van der Waals surface area contributed by atoms with E-state index in [4.69, 9.17) is 10.5 Å². The van der Waals surface area contributed by atoms with Crippen molar-refractivity contribution in [1.82, 2.24) is 4.72 Å². The van der Waals surface area contributed by atoms with E-state index in [1.165, 1.54) is 13.0 Å². The fraction of sp³-hybridized carbons (Fsp3) is 0.429. The molecule has 1 rings (SSSR count). The van der Waals surface area contributed by atoms with Gasteiger partial charge < -0.3 is 10.5 Å². The first-order valence-corrected chi connectivity index (χ1v) is 8.17. The Morgan fingerprint density at radius 1 is 1.32 bits per heavy atom. The largest absolute Gasteiger partial charge is 0.453 e. The molecule has 1 amide bonds. The summed E-state index contributed by atoms with van der Waals surface area (Å²) in [4.78, 5) is 22.3. The van der Waals surface area contributed by atoms with Crippen LogP contribution in [-0.4, -0.2) is 32.9 Å². The lowest BCUT2D eigenvalue weighted by atomic mass is 10.2. The van der Waals surface area contributed by atoms with Gasteiger partial charge in [-0.15, -0.1) is 0 Å². The van der Waals surface area contributed by atoms with Crippen molar-refractivity contribution in [3.8, 4) is 0 Å². The number of primary amides is 1. The van der Waals surface area contributed by atoms with Gasteiger partial charge in [-0.05, 0) is 32.4 Å². The van der Waals surface area contributed by atoms with Gasteiger partial charge in [-0.2, -0.15) is 0 Å². The topological polar surface area (TPSA) is 116 Å². The van der Waals surface area contributed by atoms with E-state index in [9.17, 15) is 18.0 Å². The maximum absolute atomic E-state index is 12.1. The van der Waals surface area contributed by atoms with Crippen LogP contribution in [0.25, 0.3) is 0 Å². The molecule has 7 nitrogen and oxygen atoms in total. The average Bonchev–Trinajstić information content (AvgIpc) is 2.37. The zero-order chi connectivity index (χ0) is 16.9. The molecule has 0 aliphatic heterocycles. The third-order valence-electron chi connectivity index (χ3n) is 2.95. The minimum absolute atomic E-state index is 0.125. The summed E-state index contributed by atoms with van der Waals surface area (Å²) in [5.41, 5.74) is 6.54. The van der Waals surface area contributed by atoms with Crippen molar-refractivity contribution in [3.05, 3.63) is 29.3 Å². The number of ether oxygens (including phenoxy) is 1. The fourth-order valence-electron chi connectivity index (χ4n) is 1.78. The summed E-state index contributed by atoms with van der Waals surface area (Å²) >= 11 is 0. The molecule has 0 fully saturated rings. The van der Waals surface area contributed by atoms with E-state index in [1.54, 1.807) is 19.1 Å². The number of hydrogen-bond acceptors (Lipinski definition) is 5. The molecular formula is C14H20N2O5S. The molecule has 1 aromatic rings. The molecule has 3 N–H and O–H groups in total. The predicted octanol–water partition coefficient (Wildman–Crippen LogP) is 0.389. The second-order valence-electron chi connectivity index (χ2n) is 4.95. The van der Waals surface area contributed by atoms with Crippen molar-refractivity contribution < 1.29 is 22.7 Å². The van der Waals surface area contributed by atoms with Gasteiger partial charge >= 0.3 is 5.97 Å². The number of carbonyl (C=O) groups excluding carboxylic acids is 2. The van der Waals surface area contributed by atoms with Gasteiger partial charge in [0.05, 0.1) is 11.3 Å². The van der Waals surface area contributed by atoms with Crippen molar-refractivity contribution in [2.75, 3.05) is 6.54 Å². The zero-order valence-electron chi connectivity index (χ0n) is 12.8. The van der Waals surface area contributed by atoms with E-state index in [2.05, 4.69) is 4.72 Å². The van der Waals surface area contributed by atoms with E-state index >= 15 is 0 Å². The monoisotopic (exact) mass is 328 g/mol. The van der Waals surface area contributed by atoms with Crippen molar-refractivity contribution in [2.24, 2.45) is 5.73 Å². The highest BCUT2D eigenvalue weighted by atomic mass is 32.2. The molecule has 22 heavy (non-hydrogen) atoms. The van der Waals surface area contributed by atoms with Gasteiger partial charge in [0.2, 0.25) is 10.0 Å². The van der Waals surface area contributed by atoms with Crippen LogP contribution in [0.4, 0.5) is 0 Å². The van der Waals surface area contributed by atoms with E-state index in [0.29, 0.717) is 5.56 Å². The molecule has 1 aromatic carbocycles. The second-order valence-corrected chi connectivity index (χ2v) is 6.69. The highest BCUT2D eigenvalue weighted by Crippen LogP contribution is 2.16. The third kappa shape index (κ3) is 5.12. The lowest BCUT2D eigenvalue weighted by Gasteiger charge is -2.11. The SMILES string of the molecule is Cc1ccc(S(=O)(=O)NCCC(=O)O[C@@H](C)C(N)=O)c(C)c1. The Balaban J connectivity index is 2.60. The molecule has 0 spiro atoms. The summed E-state index contributed by atoms with van der Waals surface area (Å²) < 4.78 is 31.3. The Morgan fingerprint density at radius 2 is 1.95 bits per heavy atom. The summed E-state index contributed by atoms with van der Waals surface area (Å²) in [6.45, 7) is 4.79. The van der Waals surface area contributed by atoms with Crippen LogP contribution in [0.2, 0.25) is 0 Å². The number of carbonyl (C=O) groups is 2. The van der Waals surface area contributed by atoms with Gasteiger partial charge in [0, 0.05) is 6.54 Å². The standard InChI is InChI=1S/C14H20N2O5S/c1-9-4-5-12(10(2)8-9)22(19,20)16-7-6-13(17)21-11(3)14(15)18/h4-5,8,11,16H,6-7H2,1-3H3,(H2,15,18)/t11-/m0/s1. The summed E-state index contributed by atoms with van der Waals surface area (Å²) in [6, 6.07) is 4.97. The van der Waals surface area contributed by atoms with Crippen molar-refractivity contribution in [3.63, 3.8) is 0 Å². The van der Waals surface area contributed by atoms with E-state index in [1.807, 2.05) is 6.92 Å². The number of nitrogens with one attached hydrogen (secondary N) is 1. The number of rotatable bonds is 7. The Hall–Kier alpha value is -1.93. The van der Waals surface area contributed by atoms with Crippen LogP contribution in [-0.2, 0) is 24.3 Å². The maximum Gasteiger partial charge on any atom is 0.307 e. The number of aryl methyl sites for hydroxylation is 2. The van der Waals surface area contributed by atoms with Crippen LogP contribution < -0.4 is 10.5 Å². The lowest BCUT2D eigenvalue weighted by molar-refractivity contribution is -0.153.